The average Bonchev–Trinajstić information content (AvgIpc) is 3.18. The topological polar surface area (TPSA) is 77.9 Å². The van der Waals surface area contributed by atoms with Gasteiger partial charge in [0.05, 0.1) is 31.9 Å². The standard InChI is InChI=1S/C21H30N4O3S/c1-24-6-8-25(9-7-24)15-17-3-2-4-18(13-17)21-23-19(16-29-21)14-20(27)22-5-11-28-12-10-26/h2-4,13,16,26H,5-12,14-15H2,1H3,(H,22,27). The molecule has 0 saturated carbocycles. The first kappa shape index (κ1) is 21.9. The summed E-state index contributed by atoms with van der Waals surface area (Å²) in [5.41, 5.74) is 3.18. The molecule has 1 saturated heterocycles. The Balaban J connectivity index is 1.51. The number of ether oxygens (including phenoxy) is 1. The molecule has 1 amide bonds. The molecule has 8 heteroatoms. The highest BCUT2D eigenvalue weighted by Gasteiger charge is 2.14. The van der Waals surface area contributed by atoms with Gasteiger partial charge in [-0.25, -0.2) is 4.98 Å². The number of aromatic nitrogens is 1. The van der Waals surface area contributed by atoms with E-state index in [1.807, 2.05) is 5.38 Å². The van der Waals surface area contributed by atoms with Crippen molar-refractivity contribution in [1.82, 2.24) is 20.1 Å². The van der Waals surface area contributed by atoms with Crippen molar-refractivity contribution < 1.29 is 14.6 Å². The van der Waals surface area contributed by atoms with Crippen LogP contribution in [0.5, 0.6) is 0 Å². The maximum Gasteiger partial charge on any atom is 0.226 e. The normalized spacial score (nSPS) is 15.5. The van der Waals surface area contributed by atoms with Gasteiger partial charge < -0.3 is 20.1 Å². The van der Waals surface area contributed by atoms with E-state index < -0.39 is 0 Å². The second-order valence-electron chi connectivity index (χ2n) is 7.29. The number of piperazine rings is 1. The molecule has 2 heterocycles. The zero-order valence-electron chi connectivity index (χ0n) is 17.0. The van der Waals surface area contributed by atoms with Crippen molar-refractivity contribution in [2.45, 2.75) is 13.0 Å². The van der Waals surface area contributed by atoms with Gasteiger partial charge in [0, 0.05) is 50.2 Å². The summed E-state index contributed by atoms with van der Waals surface area (Å²) in [6.45, 7) is 6.51. The number of benzene rings is 1. The molecule has 0 radical (unpaired) electrons. The van der Waals surface area contributed by atoms with Crippen LogP contribution in [0, 0.1) is 0 Å². The third kappa shape index (κ3) is 7.17. The molecule has 7 nitrogen and oxygen atoms in total. The molecule has 1 aromatic carbocycles. The number of likely N-dealkylation sites (N-methyl/N-ethyl adjacent to an activating group) is 1. The predicted molar refractivity (Wildman–Crippen MR) is 115 cm³/mol. The van der Waals surface area contributed by atoms with Crippen LogP contribution in [-0.4, -0.2) is 85.4 Å². The number of carbonyl (C=O) groups is 1. The van der Waals surface area contributed by atoms with E-state index in [1.165, 1.54) is 5.56 Å². The van der Waals surface area contributed by atoms with E-state index >= 15 is 0 Å². The predicted octanol–water partition coefficient (Wildman–Crippen LogP) is 1.23. The summed E-state index contributed by atoms with van der Waals surface area (Å²) in [5, 5.41) is 14.4. The molecule has 0 atom stereocenters. The number of carbonyl (C=O) groups excluding carboxylic acids is 1. The molecule has 1 aliphatic rings. The first-order chi connectivity index (χ1) is 14.1. The van der Waals surface area contributed by atoms with Gasteiger partial charge in [-0.05, 0) is 18.7 Å². The summed E-state index contributed by atoms with van der Waals surface area (Å²) in [5.74, 6) is -0.0711. The molecular formula is C21H30N4O3S. The van der Waals surface area contributed by atoms with Gasteiger partial charge in [-0.1, -0.05) is 18.2 Å². The quantitative estimate of drug-likeness (QED) is 0.565. The van der Waals surface area contributed by atoms with E-state index in [1.54, 1.807) is 11.3 Å². The van der Waals surface area contributed by atoms with Crippen LogP contribution in [0.1, 0.15) is 11.3 Å². The molecule has 2 aromatic rings. The first-order valence-corrected chi connectivity index (χ1v) is 10.9. The van der Waals surface area contributed by atoms with E-state index in [0.717, 1.165) is 49.0 Å². The van der Waals surface area contributed by atoms with E-state index in [0.29, 0.717) is 19.8 Å². The smallest absolute Gasteiger partial charge is 0.226 e. The third-order valence-corrected chi connectivity index (χ3v) is 5.81. The highest BCUT2D eigenvalue weighted by atomic mass is 32.1. The molecule has 1 fully saturated rings. The van der Waals surface area contributed by atoms with Crippen LogP contribution in [0.3, 0.4) is 0 Å². The van der Waals surface area contributed by atoms with Gasteiger partial charge in [-0.3, -0.25) is 9.69 Å². The Kier molecular flexibility index (Phi) is 8.57. The van der Waals surface area contributed by atoms with E-state index in [-0.39, 0.29) is 18.9 Å². The zero-order valence-corrected chi connectivity index (χ0v) is 17.8. The minimum atomic E-state index is -0.0711. The third-order valence-electron chi connectivity index (χ3n) is 4.87. The Morgan fingerprint density at radius 1 is 1.28 bits per heavy atom. The van der Waals surface area contributed by atoms with Crippen LogP contribution in [0.2, 0.25) is 0 Å². The number of aliphatic hydroxyl groups excluding tert-OH is 1. The van der Waals surface area contributed by atoms with Crippen molar-refractivity contribution in [3.05, 3.63) is 40.9 Å². The summed E-state index contributed by atoms with van der Waals surface area (Å²) in [7, 11) is 2.17. The van der Waals surface area contributed by atoms with Crippen LogP contribution >= 0.6 is 11.3 Å². The SMILES string of the molecule is CN1CCN(Cc2cccc(-c3nc(CC(=O)NCCOCCO)cs3)c2)CC1. The number of thiazole rings is 1. The lowest BCUT2D eigenvalue weighted by Crippen LogP contribution is -2.43. The Morgan fingerprint density at radius 3 is 2.90 bits per heavy atom. The monoisotopic (exact) mass is 418 g/mol. The average molecular weight is 419 g/mol. The highest BCUT2D eigenvalue weighted by Crippen LogP contribution is 2.25. The van der Waals surface area contributed by atoms with Crippen LogP contribution in [0.25, 0.3) is 10.6 Å². The zero-order chi connectivity index (χ0) is 20.5. The molecule has 29 heavy (non-hydrogen) atoms. The number of nitrogens with one attached hydrogen (secondary N) is 1. The Morgan fingerprint density at radius 2 is 2.10 bits per heavy atom. The molecule has 2 N–H and O–H groups in total. The van der Waals surface area contributed by atoms with Gasteiger partial charge in [-0.2, -0.15) is 0 Å². The lowest BCUT2D eigenvalue weighted by Gasteiger charge is -2.32. The van der Waals surface area contributed by atoms with E-state index in [2.05, 4.69) is 51.4 Å². The fourth-order valence-electron chi connectivity index (χ4n) is 3.24. The molecule has 1 aliphatic heterocycles. The lowest BCUT2D eigenvalue weighted by atomic mass is 10.1. The van der Waals surface area contributed by atoms with Gasteiger partial charge >= 0.3 is 0 Å². The molecule has 0 spiro atoms. The summed E-state index contributed by atoms with van der Waals surface area (Å²) in [6.07, 6.45) is 0.261. The Hall–Kier alpha value is -1.84. The van der Waals surface area contributed by atoms with Gasteiger partial charge in [-0.15, -0.1) is 11.3 Å². The molecule has 0 unspecified atom stereocenters. The maximum atomic E-state index is 12.0. The van der Waals surface area contributed by atoms with Gasteiger partial charge in [0.1, 0.15) is 5.01 Å². The van der Waals surface area contributed by atoms with Crippen molar-refractivity contribution in [3.8, 4) is 10.6 Å². The van der Waals surface area contributed by atoms with Gasteiger partial charge in [0.25, 0.3) is 0 Å². The molecule has 1 aromatic heterocycles. The largest absolute Gasteiger partial charge is 0.394 e. The second-order valence-corrected chi connectivity index (χ2v) is 8.14. The Labute approximate surface area is 176 Å². The summed E-state index contributed by atoms with van der Waals surface area (Å²) in [6, 6.07) is 8.54. The molecule has 0 bridgehead atoms. The highest BCUT2D eigenvalue weighted by molar-refractivity contribution is 7.13. The lowest BCUT2D eigenvalue weighted by molar-refractivity contribution is -0.120. The van der Waals surface area contributed by atoms with Gasteiger partial charge in [0.2, 0.25) is 5.91 Å². The fourth-order valence-corrected chi connectivity index (χ4v) is 4.06. The number of hydrogen-bond donors (Lipinski definition) is 2. The number of hydrogen-bond acceptors (Lipinski definition) is 7. The number of nitrogens with zero attached hydrogens (tertiary/aromatic N) is 3. The van der Waals surface area contributed by atoms with Gasteiger partial charge in [0.15, 0.2) is 0 Å². The van der Waals surface area contributed by atoms with Crippen molar-refractivity contribution in [1.29, 1.82) is 0 Å². The van der Waals surface area contributed by atoms with Crippen LogP contribution in [-0.2, 0) is 22.5 Å². The number of aliphatic hydroxyl groups is 1. The molecule has 158 valence electrons. The van der Waals surface area contributed by atoms with Crippen LogP contribution in [0.4, 0.5) is 0 Å². The fraction of sp³-hybridized carbons (Fsp3) is 0.524. The van der Waals surface area contributed by atoms with Crippen LogP contribution in [0.15, 0.2) is 29.6 Å². The van der Waals surface area contributed by atoms with Crippen molar-refractivity contribution in [3.63, 3.8) is 0 Å². The summed E-state index contributed by atoms with van der Waals surface area (Å²) in [4.78, 5) is 21.5. The van der Waals surface area contributed by atoms with Crippen molar-refractivity contribution in [2.75, 3.05) is 59.6 Å². The van der Waals surface area contributed by atoms with E-state index in [4.69, 9.17) is 9.84 Å². The molecule has 3 rings (SSSR count). The number of rotatable bonds is 10. The van der Waals surface area contributed by atoms with Crippen molar-refractivity contribution in [2.24, 2.45) is 0 Å². The maximum absolute atomic E-state index is 12.0. The summed E-state index contributed by atoms with van der Waals surface area (Å²) >= 11 is 1.57. The second kappa shape index (κ2) is 11.4. The Bertz CT molecular complexity index is 775. The first-order valence-electron chi connectivity index (χ1n) is 10.0. The van der Waals surface area contributed by atoms with Crippen molar-refractivity contribution >= 4 is 17.2 Å². The summed E-state index contributed by atoms with van der Waals surface area (Å²) < 4.78 is 5.13. The minimum Gasteiger partial charge on any atom is -0.394 e. The van der Waals surface area contributed by atoms with E-state index in [9.17, 15) is 4.79 Å². The molecule has 0 aliphatic carbocycles. The molecular weight excluding hydrogens is 388 g/mol. The van der Waals surface area contributed by atoms with Crippen LogP contribution < -0.4 is 5.32 Å². The number of amides is 1. The minimum absolute atomic E-state index is 0.00782.